The Labute approximate surface area is 133 Å². The molecule has 0 fully saturated rings. The summed E-state index contributed by atoms with van der Waals surface area (Å²) in [4.78, 5) is 0. The van der Waals surface area contributed by atoms with Crippen LogP contribution in [0.25, 0.3) is 11.1 Å². The van der Waals surface area contributed by atoms with Gasteiger partial charge in [0.15, 0.2) is 0 Å². The van der Waals surface area contributed by atoms with E-state index < -0.39 is 0 Å². The summed E-state index contributed by atoms with van der Waals surface area (Å²) in [7, 11) is 0. The largest absolute Gasteiger partial charge is 0.494 e. The molecule has 2 aromatic carbocycles. The Morgan fingerprint density at radius 2 is 1.45 bits per heavy atom. The van der Waals surface area contributed by atoms with Gasteiger partial charge in [-0.25, -0.2) is 0 Å². The predicted molar refractivity (Wildman–Crippen MR) is 91.2 cm³/mol. The third-order valence-corrected chi connectivity index (χ3v) is 3.76. The number of hydrogen-bond donors (Lipinski definition) is 0. The van der Waals surface area contributed by atoms with Crippen molar-refractivity contribution in [1.29, 1.82) is 0 Å². The van der Waals surface area contributed by atoms with Crippen molar-refractivity contribution in [3.63, 3.8) is 0 Å². The minimum absolute atomic E-state index is 0.218. The first-order valence-corrected chi connectivity index (χ1v) is 8.21. The maximum absolute atomic E-state index is 12.1. The highest BCUT2D eigenvalue weighted by molar-refractivity contribution is 5.64. The number of aryl methyl sites for hydroxylation is 1. The first-order valence-electron chi connectivity index (χ1n) is 8.21. The molecule has 0 N–H and O–H groups in total. The average molecular weight is 300 g/mol. The Bertz CT molecular complexity index is 479. The zero-order chi connectivity index (χ0) is 15.6. The second-order valence-electron chi connectivity index (χ2n) is 5.57. The molecule has 0 saturated carbocycles. The number of unbranched alkanes of at least 4 members (excludes halogenated alkanes) is 2. The molecule has 2 aromatic rings. The minimum Gasteiger partial charge on any atom is -0.494 e. The Hall–Kier alpha value is -1.83. The molecule has 0 aliphatic heterocycles. The lowest BCUT2D eigenvalue weighted by atomic mass is 10.0. The van der Waals surface area contributed by atoms with E-state index in [1.165, 1.54) is 16.7 Å². The van der Waals surface area contributed by atoms with Crippen LogP contribution in [0.1, 0.15) is 38.2 Å². The van der Waals surface area contributed by atoms with Gasteiger partial charge >= 0.3 is 0 Å². The molecule has 0 atom stereocenters. The number of halogens is 1. The highest BCUT2D eigenvalue weighted by Crippen LogP contribution is 2.23. The highest BCUT2D eigenvalue weighted by Gasteiger charge is 2.00. The van der Waals surface area contributed by atoms with E-state index in [2.05, 4.69) is 43.3 Å². The van der Waals surface area contributed by atoms with E-state index in [0.29, 0.717) is 6.42 Å². The van der Waals surface area contributed by atoms with Gasteiger partial charge in [0.05, 0.1) is 13.3 Å². The second-order valence-corrected chi connectivity index (χ2v) is 5.57. The molecule has 0 aliphatic rings. The van der Waals surface area contributed by atoms with E-state index in [0.717, 1.165) is 38.0 Å². The summed E-state index contributed by atoms with van der Waals surface area (Å²) in [5.74, 6) is 0.931. The van der Waals surface area contributed by atoms with Crippen LogP contribution in [-0.2, 0) is 6.42 Å². The van der Waals surface area contributed by atoms with E-state index in [1.54, 1.807) is 0 Å². The van der Waals surface area contributed by atoms with Gasteiger partial charge in [-0.1, -0.05) is 49.7 Å². The van der Waals surface area contributed by atoms with Crippen LogP contribution in [0.3, 0.4) is 0 Å². The molecule has 22 heavy (non-hydrogen) atoms. The fourth-order valence-electron chi connectivity index (χ4n) is 2.37. The Morgan fingerprint density at radius 3 is 2.05 bits per heavy atom. The van der Waals surface area contributed by atoms with Crippen molar-refractivity contribution in [2.75, 3.05) is 13.3 Å². The van der Waals surface area contributed by atoms with Crippen LogP contribution in [-0.4, -0.2) is 13.3 Å². The summed E-state index contributed by atoms with van der Waals surface area (Å²) in [5, 5.41) is 0. The molecule has 2 heteroatoms. The summed E-state index contributed by atoms with van der Waals surface area (Å²) >= 11 is 0. The summed E-state index contributed by atoms with van der Waals surface area (Å²) in [6.45, 7) is 2.72. The van der Waals surface area contributed by atoms with E-state index in [9.17, 15) is 4.39 Å². The molecular weight excluding hydrogens is 275 g/mol. The monoisotopic (exact) mass is 300 g/mol. The smallest absolute Gasteiger partial charge is 0.119 e. The molecule has 0 aliphatic carbocycles. The number of benzene rings is 2. The standard InChI is InChI=1S/C20H25FO/c1-2-3-16-22-20-13-11-19(12-14-20)18-9-7-17(8-10-18)6-4-5-15-21/h7-14H,2-6,15-16H2,1H3. The van der Waals surface area contributed by atoms with Crippen molar-refractivity contribution in [2.45, 2.75) is 39.0 Å². The lowest BCUT2D eigenvalue weighted by Crippen LogP contribution is -1.95. The van der Waals surface area contributed by atoms with Gasteiger partial charge in [0.1, 0.15) is 5.75 Å². The van der Waals surface area contributed by atoms with Gasteiger partial charge in [-0.2, -0.15) is 0 Å². The molecule has 0 aromatic heterocycles. The van der Waals surface area contributed by atoms with Crippen molar-refractivity contribution in [3.05, 3.63) is 54.1 Å². The SMILES string of the molecule is CCCCOc1ccc(-c2ccc(CCCCF)cc2)cc1. The molecule has 1 nitrogen and oxygen atoms in total. The quantitative estimate of drug-likeness (QED) is 0.530. The molecule has 2 rings (SSSR count). The fourth-order valence-corrected chi connectivity index (χ4v) is 2.37. The van der Waals surface area contributed by atoms with Gasteiger partial charge in [0.25, 0.3) is 0 Å². The number of ether oxygens (including phenoxy) is 1. The Balaban J connectivity index is 1.93. The maximum atomic E-state index is 12.1. The van der Waals surface area contributed by atoms with E-state index in [1.807, 2.05) is 12.1 Å². The first-order chi connectivity index (χ1) is 10.8. The normalized spacial score (nSPS) is 10.6. The van der Waals surface area contributed by atoms with Crippen molar-refractivity contribution >= 4 is 0 Å². The van der Waals surface area contributed by atoms with Crippen LogP contribution in [0, 0.1) is 0 Å². The fraction of sp³-hybridized carbons (Fsp3) is 0.400. The molecule has 0 bridgehead atoms. The summed E-state index contributed by atoms with van der Waals surface area (Å²) in [6, 6.07) is 16.8. The second kappa shape index (κ2) is 9.24. The number of hydrogen-bond acceptors (Lipinski definition) is 1. The maximum Gasteiger partial charge on any atom is 0.119 e. The van der Waals surface area contributed by atoms with Gasteiger partial charge in [-0.15, -0.1) is 0 Å². The lowest BCUT2D eigenvalue weighted by molar-refractivity contribution is 0.309. The van der Waals surface area contributed by atoms with Crippen LogP contribution in [0.15, 0.2) is 48.5 Å². The van der Waals surface area contributed by atoms with Crippen LogP contribution < -0.4 is 4.74 Å². The Kier molecular flexibility index (Phi) is 6.95. The molecule has 0 heterocycles. The van der Waals surface area contributed by atoms with Crippen molar-refractivity contribution in [1.82, 2.24) is 0 Å². The first kappa shape index (κ1) is 16.5. The van der Waals surface area contributed by atoms with Crippen LogP contribution >= 0.6 is 0 Å². The van der Waals surface area contributed by atoms with E-state index >= 15 is 0 Å². The summed E-state index contributed by atoms with van der Waals surface area (Å²) in [6.07, 6.45) is 4.76. The molecule has 0 saturated heterocycles. The van der Waals surface area contributed by atoms with Crippen molar-refractivity contribution in [2.24, 2.45) is 0 Å². The topological polar surface area (TPSA) is 9.23 Å². The van der Waals surface area contributed by atoms with Crippen molar-refractivity contribution in [3.8, 4) is 16.9 Å². The molecule has 118 valence electrons. The zero-order valence-electron chi connectivity index (χ0n) is 13.4. The van der Waals surface area contributed by atoms with Gasteiger partial charge in [0, 0.05) is 0 Å². The van der Waals surface area contributed by atoms with Crippen LogP contribution in [0.5, 0.6) is 5.75 Å². The predicted octanol–water partition coefficient (Wildman–Crippen LogP) is 5.82. The van der Waals surface area contributed by atoms with Crippen molar-refractivity contribution < 1.29 is 9.13 Å². The molecule has 0 radical (unpaired) electrons. The summed E-state index contributed by atoms with van der Waals surface area (Å²) < 4.78 is 17.8. The van der Waals surface area contributed by atoms with Crippen LogP contribution in [0.2, 0.25) is 0 Å². The molecule has 0 amide bonds. The third-order valence-electron chi connectivity index (χ3n) is 3.76. The average Bonchev–Trinajstić information content (AvgIpc) is 2.57. The van der Waals surface area contributed by atoms with E-state index in [4.69, 9.17) is 4.74 Å². The Morgan fingerprint density at radius 1 is 0.818 bits per heavy atom. The summed E-state index contributed by atoms with van der Waals surface area (Å²) in [5.41, 5.74) is 3.67. The van der Waals surface area contributed by atoms with Gasteiger partial charge < -0.3 is 4.74 Å². The highest BCUT2D eigenvalue weighted by atomic mass is 19.1. The molecule has 0 unspecified atom stereocenters. The van der Waals surface area contributed by atoms with Gasteiger partial charge in [-0.05, 0) is 54.5 Å². The van der Waals surface area contributed by atoms with Crippen LogP contribution in [0.4, 0.5) is 4.39 Å². The third kappa shape index (κ3) is 5.18. The molecule has 0 spiro atoms. The van der Waals surface area contributed by atoms with Gasteiger partial charge in [0.2, 0.25) is 0 Å². The van der Waals surface area contributed by atoms with E-state index in [-0.39, 0.29) is 6.67 Å². The lowest BCUT2D eigenvalue weighted by Gasteiger charge is -2.07. The molecular formula is C20H25FO. The minimum atomic E-state index is -0.218. The number of alkyl halides is 1. The number of rotatable bonds is 9. The zero-order valence-corrected chi connectivity index (χ0v) is 13.4. The van der Waals surface area contributed by atoms with Gasteiger partial charge in [-0.3, -0.25) is 4.39 Å².